The van der Waals surface area contributed by atoms with Gasteiger partial charge in [0.05, 0.1) is 5.25 Å². The largest absolute Gasteiger partial charge is 0.396 e. The number of nitrogens with zero attached hydrogens (tertiary/aromatic N) is 1. The fraction of sp³-hybridized carbons (Fsp3) is 0.875. The van der Waals surface area contributed by atoms with Crippen molar-refractivity contribution >= 4 is 17.7 Å². The van der Waals surface area contributed by atoms with Gasteiger partial charge in [-0.25, -0.2) is 0 Å². The van der Waals surface area contributed by atoms with Crippen LogP contribution in [0.5, 0.6) is 0 Å². The monoisotopic (exact) mass is 191 g/mol. The third-order valence-electron chi connectivity index (χ3n) is 1.46. The third kappa shape index (κ3) is 4.62. The highest BCUT2D eigenvalue weighted by Gasteiger charge is 2.13. The van der Waals surface area contributed by atoms with Gasteiger partial charge in [0.25, 0.3) is 0 Å². The first-order chi connectivity index (χ1) is 5.59. The Kier molecular flexibility index (Phi) is 6.20. The summed E-state index contributed by atoms with van der Waals surface area (Å²) in [5.41, 5.74) is 0. The van der Waals surface area contributed by atoms with E-state index < -0.39 is 0 Å². The molecule has 0 aliphatic heterocycles. The van der Waals surface area contributed by atoms with Gasteiger partial charge in [0.1, 0.15) is 0 Å². The van der Waals surface area contributed by atoms with E-state index in [9.17, 15) is 4.79 Å². The number of hydrogen-bond donors (Lipinski definition) is 1. The summed E-state index contributed by atoms with van der Waals surface area (Å²) in [6, 6.07) is 0. The molecule has 1 N–H and O–H groups in total. The van der Waals surface area contributed by atoms with Crippen LogP contribution in [0.25, 0.3) is 0 Å². The van der Waals surface area contributed by atoms with Crippen molar-refractivity contribution in [3.05, 3.63) is 0 Å². The Labute approximate surface area is 78.1 Å². The summed E-state index contributed by atoms with van der Waals surface area (Å²) in [7, 11) is 3.51. The van der Waals surface area contributed by atoms with Crippen LogP contribution >= 0.6 is 11.8 Å². The van der Waals surface area contributed by atoms with Crippen LogP contribution in [0.4, 0.5) is 0 Å². The SMILES string of the molecule is CC(SCCCO)C(=O)N(C)C. The maximum Gasteiger partial charge on any atom is 0.234 e. The van der Waals surface area contributed by atoms with E-state index in [1.807, 2.05) is 6.92 Å². The summed E-state index contributed by atoms with van der Waals surface area (Å²) >= 11 is 1.59. The predicted molar refractivity (Wildman–Crippen MR) is 52.3 cm³/mol. The van der Waals surface area contributed by atoms with Gasteiger partial charge < -0.3 is 10.0 Å². The number of hydrogen-bond acceptors (Lipinski definition) is 3. The number of amides is 1. The van der Waals surface area contributed by atoms with Crippen molar-refractivity contribution in [2.45, 2.75) is 18.6 Å². The molecule has 72 valence electrons. The van der Waals surface area contributed by atoms with E-state index in [1.165, 1.54) is 0 Å². The van der Waals surface area contributed by atoms with Gasteiger partial charge >= 0.3 is 0 Å². The van der Waals surface area contributed by atoms with Crippen molar-refractivity contribution in [1.29, 1.82) is 0 Å². The highest BCUT2D eigenvalue weighted by atomic mass is 32.2. The first kappa shape index (κ1) is 11.8. The zero-order chi connectivity index (χ0) is 9.56. The Morgan fingerprint density at radius 1 is 1.58 bits per heavy atom. The van der Waals surface area contributed by atoms with E-state index in [0.29, 0.717) is 0 Å². The maximum atomic E-state index is 11.3. The zero-order valence-electron chi connectivity index (χ0n) is 7.91. The Bertz CT molecular complexity index is 139. The van der Waals surface area contributed by atoms with Crippen molar-refractivity contribution in [1.82, 2.24) is 4.90 Å². The van der Waals surface area contributed by atoms with Crippen LogP contribution in [0.15, 0.2) is 0 Å². The van der Waals surface area contributed by atoms with Crippen molar-refractivity contribution in [3.63, 3.8) is 0 Å². The van der Waals surface area contributed by atoms with E-state index in [0.717, 1.165) is 12.2 Å². The minimum absolute atomic E-state index is 0.00606. The van der Waals surface area contributed by atoms with Gasteiger partial charge in [0, 0.05) is 20.7 Å². The predicted octanol–water partition coefficient (Wildman–Crippen LogP) is 0.579. The molecule has 0 aliphatic carbocycles. The maximum absolute atomic E-state index is 11.3. The fourth-order valence-electron chi connectivity index (χ4n) is 0.760. The fourth-order valence-corrected chi connectivity index (χ4v) is 1.76. The summed E-state index contributed by atoms with van der Waals surface area (Å²) in [6.07, 6.45) is 0.760. The average Bonchev–Trinajstić information content (AvgIpc) is 2.03. The summed E-state index contributed by atoms with van der Waals surface area (Å²) in [5, 5.41) is 8.52. The number of carbonyl (C=O) groups excluding carboxylic acids is 1. The van der Waals surface area contributed by atoms with Gasteiger partial charge in [0.15, 0.2) is 0 Å². The molecule has 0 bridgehead atoms. The lowest BCUT2D eigenvalue weighted by atomic mass is 10.4. The van der Waals surface area contributed by atoms with Crippen molar-refractivity contribution in [2.24, 2.45) is 0 Å². The van der Waals surface area contributed by atoms with E-state index in [4.69, 9.17) is 5.11 Å². The molecule has 0 saturated carbocycles. The number of thioether (sulfide) groups is 1. The highest BCUT2D eigenvalue weighted by Crippen LogP contribution is 2.12. The van der Waals surface area contributed by atoms with Crippen LogP contribution in [-0.4, -0.2) is 47.6 Å². The minimum Gasteiger partial charge on any atom is -0.396 e. The van der Waals surface area contributed by atoms with Crippen LogP contribution < -0.4 is 0 Å². The molecule has 4 heteroatoms. The first-order valence-corrected chi connectivity index (χ1v) is 5.08. The average molecular weight is 191 g/mol. The van der Waals surface area contributed by atoms with Gasteiger partial charge in [-0.15, -0.1) is 11.8 Å². The Morgan fingerprint density at radius 2 is 2.17 bits per heavy atom. The molecule has 0 fully saturated rings. The van der Waals surface area contributed by atoms with Gasteiger partial charge in [-0.2, -0.15) is 0 Å². The van der Waals surface area contributed by atoms with Crippen LogP contribution in [0, 0.1) is 0 Å². The standard InChI is InChI=1S/C8H17NO2S/c1-7(8(11)9(2)3)12-6-4-5-10/h7,10H,4-6H2,1-3H3. The van der Waals surface area contributed by atoms with Gasteiger partial charge in [0.2, 0.25) is 5.91 Å². The molecule has 0 radical (unpaired) electrons. The molecule has 0 aromatic heterocycles. The minimum atomic E-state index is 0.00606. The van der Waals surface area contributed by atoms with Gasteiger partial charge in [-0.05, 0) is 19.1 Å². The van der Waals surface area contributed by atoms with E-state index in [-0.39, 0.29) is 17.8 Å². The van der Waals surface area contributed by atoms with Crippen LogP contribution in [0.1, 0.15) is 13.3 Å². The number of rotatable bonds is 5. The van der Waals surface area contributed by atoms with Gasteiger partial charge in [-0.3, -0.25) is 4.79 Å². The molecule has 1 amide bonds. The number of aliphatic hydroxyl groups excluding tert-OH is 1. The molecule has 0 spiro atoms. The lowest BCUT2D eigenvalue weighted by Gasteiger charge is -2.15. The Balaban J connectivity index is 3.57. The molecule has 12 heavy (non-hydrogen) atoms. The molecular formula is C8H17NO2S. The van der Waals surface area contributed by atoms with Crippen LogP contribution in [-0.2, 0) is 4.79 Å². The molecule has 0 saturated heterocycles. The number of carbonyl (C=O) groups is 1. The molecule has 1 unspecified atom stereocenters. The molecule has 0 aromatic carbocycles. The molecule has 0 rings (SSSR count). The lowest BCUT2D eigenvalue weighted by molar-refractivity contribution is -0.127. The van der Waals surface area contributed by atoms with Crippen molar-refractivity contribution in [3.8, 4) is 0 Å². The number of aliphatic hydroxyl groups is 1. The molecule has 3 nitrogen and oxygen atoms in total. The molecule has 0 aliphatic rings. The second kappa shape index (κ2) is 6.31. The molecular weight excluding hydrogens is 174 g/mol. The molecule has 1 atom stereocenters. The summed E-state index contributed by atoms with van der Waals surface area (Å²) in [5.74, 6) is 0.981. The summed E-state index contributed by atoms with van der Waals surface area (Å²) < 4.78 is 0. The molecule has 0 heterocycles. The topological polar surface area (TPSA) is 40.5 Å². The third-order valence-corrected chi connectivity index (χ3v) is 2.68. The molecule has 0 aromatic rings. The Hall–Kier alpha value is -0.220. The van der Waals surface area contributed by atoms with Crippen LogP contribution in [0.2, 0.25) is 0 Å². The normalized spacial score (nSPS) is 12.7. The smallest absolute Gasteiger partial charge is 0.234 e. The second-order valence-electron chi connectivity index (χ2n) is 2.82. The van der Waals surface area contributed by atoms with E-state index in [2.05, 4.69) is 0 Å². The summed E-state index contributed by atoms with van der Waals surface area (Å²) in [4.78, 5) is 12.9. The summed E-state index contributed by atoms with van der Waals surface area (Å²) in [6.45, 7) is 2.10. The van der Waals surface area contributed by atoms with E-state index >= 15 is 0 Å². The van der Waals surface area contributed by atoms with E-state index in [1.54, 1.807) is 30.8 Å². The lowest BCUT2D eigenvalue weighted by Crippen LogP contribution is -2.29. The zero-order valence-corrected chi connectivity index (χ0v) is 8.73. The highest BCUT2D eigenvalue weighted by molar-refractivity contribution is 8.00. The Morgan fingerprint density at radius 3 is 2.58 bits per heavy atom. The quantitative estimate of drug-likeness (QED) is 0.646. The van der Waals surface area contributed by atoms with Crippen LogP contribution in [0.3, 0.4) is 0 Å². The van der Waals surface area contributed by atoms with Crippen molar-refractivity contribution < 1.29 is 9.90 Å². The first-order valence-electron chi connectivity index (χ1n) is 4.03. The van der Waals surface area contributed by atoms with Crippen molar-refractivity contribution in [2.75, 3.05) is 26.5 Å². The second-order valence-corrected chi connectivity index (χ2v) is 4.27. The van der Waals surface area contributed by atoms with Gasteiger partial charge in [-0.1, -0.05) is 0 Å².